The number of anilines is 1. The molecule has 1 aliphatic rings. The van der Waals surface area contributed by atoms with Crippen LogP contribution in [0.4, 0.5) is 5.69 Å². The van der Waals surface area contributed by atoms with Crippen LogP contribution in [-0.2, 0) is 16.0 Å². The maximum absolute atomic E-state index is 11.5. The van der Waals surface area contributed by atoms with Gasteiger partial charge in [0.25, 0.3) is 0 Å². The lowest BCUT2D eigenvalue weighted by Crippen LogP contribution is -2.23. The summed E-state index contributed by atoms with van der Waals surface area (Å²) in [5.74, 6) is 3.00. The van der Waals surface area contributed by atoms with Crippen LogP contribution in [0.5, 0.6) is 0 Å². The third kappa shape index (κ3) is 4.44. The number of methoxy groups -OCH3 is 1. The molecule has 3 rings (SSSR count). The summed E-state index contributed by atoms with van der Waals surface area (Å²) in [6, 6.07) is 9.46. The molecule has 1 aliphatic heterocycles. The lowest BCUT2D eigenvalue weighted by Gasteiger charge is -2.10. The average molecular weight is 414 g/mol. The molecule has 0 amide bonds. The van der Waals surface area contributed by atoms with Crippen molar-refractivity contribution in [2.45, 2.75) is 25.8 Å². The van der Waals surface area contributed by atoms with E-state index < -0.39 is 0 Å². The average Bonchev–Trinajstić information content (AvgIpc) is 3.05. The van der Waals surface area contributed by atoms with E-state index in [0.29, 0.717) is 23.7 Å². The molecule has 1 atom stereocenters. The Morgan fingerprint density at radius 2 is 2.25 bits per heavy atom. The van der Waals surface area contributed by atoms with Gasteiger partial charge in [0.05, 0.1) is 29.8 Å². The van der Waals surface area contributed by atoms with E-state index >= 15 is 0 Å². The number of hydrogen-bond acceptors (Lipinski definition) is 5. The first-order chi connectivity index (χ1) is 13.5. The zero-order chi connectivity index (χ0) is 20.1. The number of aliphatic imine (C=N–C) groups is 2. The number of rotatable bonds is 5. The highest BCUT2D eigenvalue weighted by atomic mass is 35.5. The van der Waals surface area contributed by atoms with Crippen LogP contribution in [-0.4, -0.2) is 37.2 Å². The van der Waals surface area contributed by atoms with Gasteiger partial charge in [-0.3, -0.25) is 14.8 Å². The predicted octanol–water partition coefficient (Wildman–Crippen LogP) is 4.19. The molecule has 0 saturated carbocycles. The number of thiophene rings is 1. The molecule has 0 aliphatic carbocycles. The van der Waals surface area contributed by atoms with Gasteiger partial charge < -0.3 is 10.1 Å². The van der Waals surface area contributed by atoms with Gasteiger partial charge in [0.15, 0.2) is 0 Å². The molecule has 7 heteroatoms. The number of fused-ring (bicyclic) bond motifs is 1. The largest absolute Gasteiger partial charge is 0.469 e. The maximum Gasteiger partial charge on any atom is 0.305 e. The Balaban J connectivity index is 2.07. The topological polar surface area (TPSA) is 63.0 Å². The summed E-state index contributed by atoms with van der Waals surface area (Å²) in [5, 5.41) is 4.01. The highest BCUT2D eigenvalue weighted by Gasteiger charge is 2.25. The second-order valence-electron chi connectivity index (χ2n) is 6.20. The second kappa shape index (κ2) is 9.05. The molecule has 1 unspecified atom stereocenters. The summed E-state index contributed by atoms with van der Waals surface area (Å²) in [6.45, 7) is 2.24. The Bertz CT molecular complexity index is 988. The maximum atomic E-state index is 11.5. The molecule has 0 radical (unpaired) electrons. The van der Waals surface area contributed by atoms with E-state index in [1.54, 1.807) is 11.3 Å². The quantitative estimate of drug-likeness (QED) is 0.590. The molecule has 0 spiro atoms. The Labute approximate surface area is 173 Å². The van der Waals surface area contributed by atoms with E-state index in [1.165, 1.54) is 7.11 Å². The molecular weight excluding hydrogens is 394 g/mol. The second-order valence-corrected chi connectivity index (χ2v) is 7.74. The van der Waals surface area contributed by atoms with Crippen LogP contribution in [0.2, 0.25) is 5.02 Å². The van der Waals surface area contributed by atoms with Crippen LogP contribution >= 0.6 is 22.9 Å². The van der Waals surface area contributed by atoms with Crippen LogP contribution in [0, 0.1) is 12.3 Å². The number of halogens is 1. The number of terminal acetylenes is 1. The minimum Gasteiger partial charge on any atom is -0.469 e. The molecule has 1 N–H and O–H groups in total. The molecular formula is C21H20ClN3O2S. The summed E-state index contributed by atoms with van der Waals surface area (Å²) in [7, 11) is 1.39. The molecule has 2 heterocycles. The van der Waals surface area contributed by atoms with Crippen LogP contribution in [0.3, 0.4) is 0 Å². The molecule has 5 nitrogen and oxygen atoms in total. The fourth-order valence-electron chi connectivity index (χ4n) is 2.86. The number of hydrogen-bond donors (Lipinski definition) is 1. The van der Waals surface area contributed by atoms with Crippen molar-refractivity contribution in [3.05, 3.63) is 50.7 Å². The van der Waals surface area contributed by atoms with Crippen LogP contribution < -0.4 is 5.32 Å². The minimum absolute atomic E-state index is 0.197. The Morgan fingerprint density at radius 1 is 1.46 bits per heavy atom. The van der Waals surface area contributed by atoms with Crippen molar-refractivity contribution in [3.8, 4) is 12.3 Å². The first-order valence-electron chi connectivity index (χ1n) is 8.81. The number of esters is 1. The van der Waals surface area contributed by atoms with Crippen molar-refractivity contribution in [3.63, 3.8) is 0 Å². The highest BCUT2D eigenvalue weighted by molar-refractivity contribution is 7.15. The van der Waals surface area contributed by atoms with E-state index in [-0.39, 0.29) is 18.6 Å². The van der Waals surface area contributed by atoms with Crippen molar-refractivity contribution in [1.82, 2.24) is 0 Å². The molecule has 144 valence electrons. The number of nitrogens with one attached hydrogen (secondary N) is 1. The van der Waals surface area contributed by atoms with Crippen LogP contribution in [0.15, 0.2) is 40.3 Å². The zero-order valence-electron chi connectivity index (χ0n) is 15.7. The Morgan fingerprint density at radius 3 is 2.96 bits per heavy atom. The first-order valence-corrected chi connectivity index (χ1v) is 10.00. The van der Waals surface area contributed by atoms with E-state index in [0.717, 1.165) is 26.7 Å². The number of benzene rings is 1. The van der Waals surface area contributed by atoms with E-state index in [4.69, 9.17) is 27.8 Å². The van der Waals surface area contributed by atoms with Gasteiger partial charge in [-0.05, 0) is 25.5 Å². The summed E-state index contributed by atoms with van der Waals surface area (Å²) in [6.07, 6.45) is 6.28. The molecule has 0 fully saturated rings. The van der Waals surface area contributed by atoms with Crippen LogP contribution in [0.25, 0.3) is 0 Å². The number of nitrogens with zero attached hydrogens (tertiary/aromatic N) is 2. The third-order valence-corrected chi connectivity index (χ3v) is 5.78. The summed E-state index contributed by atoms with van der Waals surface area (Å²) in [4.78, 5) is 22.9. The lowest BCUT2D eigenvalue weighted by atomic mass is 10.1. The number of amidine groups is 1. The first kappa shape index (κ1) is 20.1. The standard InChI is InChI=1S/C21H20ClN3O2S/c1-4-11-23-21-13(2)24-19(15-7-5-6-8-16(15)22)20-17(25-21)12-14(28-20)9-10-18(26)27-3/h1,5-8,12-13H,9-11H2,2-3H3,(H,23,25). The van der Waals surface area contributed by atoms with Crippen molar-refractivity contribution >= 4 is 46.1 Å². The lowest BCUT2D eigenvalue weighted by molar-refractivity contribution is -0.140. The Hall–Kier alpha value is -2.62. The normalized spacial score (nSPS) is 17.1. The van der Waals surface area contributed by atoms with Crippen molar-refractivity contribution < 1.29 is 9.53 Å². The van der Waals surface area contributed by atoms with Gasteiger partial charge in [0.1, 0.15) is 18.4 Å². The van der Waals surface area contributed by atoms with Gasteiger partial charge in [-0.2, -0.15) is 0 Å². The van der Waals surface area contributed by atoms with Crippen molar-refractivity contribution in [1.29, 1.82) is 0 Å². The summed E-state index contributed by atoms with van der Waals surface area (Å²) in [5.41, 5.74) is 2.56. The summed E-state index contributed by atoms with van der Waals surface area (Å²) >= 11 is 8.04. The molecule has 2 aromatic rings. The van der Waals surface area contributed by atoms with Gasteiger partial charge in [-0.1, -0.05) is 35.7 Å². The molecule has 0 bridgehead atoms. The summed E-state index contributed by atoms with van der Waals surface area (Å²) < 4.78 is 4.75. The fourth-order valence-corrected chi connectivity index (χ4v) is 4.21. The van der Waals surface area contributed by atoms with Gasteiger partial charge in [-0.25, -0.2) is 0 Å². The van der Waals surface area contributed by atoms with Crippen LogP contribution in [0.1, 0.15) is 28.7 Å². The van der Waals surface area contributed by atoms with E-state index in [2.05, 4.69) is 16.2 Å². The van der Waals surface area contributed by atoms with Crippen molar-refractivity contribution in [2.75, 3.05) is 19.0 Å². The number of aryl methyl sites for hydroxylation is 1. The van der Waals surface area contributed by atoms with E-state index in [9.17, 15) is 4.79 Å². The van der Waals surface area contributed by atoms with Gasteiger partial charge in [-0.15, -0.1) is 17.8 Å². The Kier molecular flexibility index (Phi) is 6.50. The SMILES string of the molecule is C#CCN=C1Nc2cc(CCC(=O)OC)sc2C(c2ccccc2Cl)=NC1C. The monoisotopic (exact) mass is 413 g/mol. The molecule has 1 aromatic carbocycles. The van der Waals surface area contributed by atoms with Crippen molar-refractivity contribution in [2.24, 2.45) is 9.98 Å². The molecule has 0 saturated heterocycles. The predicted molar refractivity (Wildman–Crippen MR) is 116 cm³/mol. The minimum atomic E-state index is -0.235. The number of carbonyl (C=O) groups is 1. The fraction of sp³-hybridized carbons (Fsp3) is 0.286. The number of ether oxygens (including phenoxy) is 1. The van der Waals surface area contributed by atoms with E-state index in [1.807, 2.05) is 37.3 Å². The molecule has 1 aromatic heterocycles. The third-order valence-electron chi connectivity index (χ3n) is 4.25. The molecule has 28 heavy (non-hydrogen) atoms. The smallest absolute Gasteiger partial charge is 0.305 e. The zero-order valence-corrected chi connectivity index (χ0v) is 17.2. The number of carbonyl (C=O) groups excluding carboxylic acids is 1. The highest BCUT2D eigenvalue weighted by Crippen LogP contribution is 2.35. The van der Waals surface area contributed by atoms with Gasteiger partial charge in [0, 0.05) is 15.5 Å². The van der Waals surface area contributed by atoms with Gasteiger partial charge in [0.2, 0.25) is 0 Å². The van der Waals surface area contributed by atoms with Gasteiger partial charge >= 0.3 is 5.97 Å².